The zero-order valence-corrected chi connectivity index (χ0v) is 21.7. The van der Waals surface area contributed by atoms with Gasteiger partial charge < -0.3 is 14.9 Å². The van der Waals surface area contributed by atoms with Crippen LogP contribution in [0.5, 0.6) is 0 Å². The standard InChI is InChI=1S/2C12H13.2CH3.Hf/c2*1-8-4-5-11-6-9(2)10(3)7-12(8)11;;;/h2*5-8H,1-3H3;2*1H3;/q4*-1;+4. The van der Waals surface area contributed by atoms with E-state index in [1.165, 1.54) is 44.5 Å². The smallest absolute Gasteiger partial charge is 0.358 e. The summed E-state index contributed by atoms with van der Waals surface area (Å²) < 4.78 is 0. The van der Waals surface area contributed by atoms with Crippen molar-refractivity contribution in [2.45, 2.75) is 53.4 Å². The van der Waals surface area contributed by atoms with Crippen molar-refractivity contribution in [1.29, 1.82) is 0 Å². The van der Waals surface area contributed by atoms with E-state index < -0.39 is 0 Å². The van der Waals surface area contributed by atoms with E-state index in [-0.39, 0.29) is 40.7 Å². The molecule has 2 atom stereocenters. The fraction of sp³-hybridized carbons (Fsp3) is 0.308. The Balaban J connectivity index is 0.000000451. The molecule has 2 unspecified atom stereocenters. The molecule has 2 aromatic carbocycles. The van der Waals surface area contributed by atoms with Crippen molar-refractivity contribution in [2.75, 3.05) is 0 Å². The van der Waals surface area contributed by atoms with E-state index in [4.69, 9.17) is 0 Å². The quantitative estimate of drug-likeness (QED) is 0.250. The summed E-state index contributed by atoms with van der Waals surface area (Å²) in [5.41, 5.74) is 11.1. The van der Waals surface area contributed by atoms with Gasteiger partial charge in [0.05, 0.1) is 0 Å². The SMILES string of the molecule is Cc1cc2c(cc1C)C(C)[C-]=C2.Cc1cc2c(cc1C)C(C)[C-]=C2.[CH3-].[CH3-].[Hf+4]. The second-order valence-electron chi connectivity index (χ2n) is 7.20. The summed E-state index contributed by atoms with van der Waals surface area (Å²) in [7, 11) is 0. The van der Waals surface area contributed by atoms with Crippen LogP contribution in [0.3, 0.4) is 0 Å². The largest absolute Gasteiger partial charge is 4.00 e. The first kappa shape index (κ1) is 25.8. The maximum atomic E-state index is 3.31. The summed E-state index contributed by atoms with van der Waals surface area (Å²) in [4.78, 5) is 0. The third kappa shape index (κ3) is 5.41. The Labute approximate surface area is 186 Å². The topological polar surface area (TPSA) is 0 Å². The molecule has 0 aromatic heterocycles. The van der Waals surface area contributed by atoms with E-state index in [2.05, 4.69) is 90.1 Å². The Bertz CT molecular complexity index is 768. The minimum Gasteiger partial charge on any atom is -0.358 e. The Kier molecular flexibility index (Phi) is 9.90. The summed E-state index contributed by atoms with van der Waals surface area (Å²) in [5, 5.41) is 0. The average Bonchev–Trinajstić information content (AvgIpc) is 3.06. The van der Waals surface area contributed by atoms with Crippen LogP contribution in [-0.2, 0) is 25.8 Å². The van der Waals surface area contributed by atoms with E-state index in [0.29, 0.717) is 11.8 Å². The number of fused-ring (bicyclic) bond motifs is 2. The number of hydrogen-bond acceptors (Lipinski definition) is 0. The predicted octanol–water partition coefficient (Wildman–Crippen LogP) is 7.37. The van der Waals surface area contributed by atoms with Crippen LogP contribution in [0.1, 0.15) is 70.2 Å². The van der Waals surface area contributed by atoms with Gasteiger partial charge in [-0.15, -0.1) is 23.3 Å². The first-order chi connectivity index (χ1) is 11.4. The van der Waals surface area contributed by atoms with E-state index in [0.717, 1.165) is 0 Å². The fourth-order valence-electron chi connectivity index (χ4n) is 3.33. The van der Waals surface area contributed by atoms with Gasteiger partial charge in [0.2, 0.25) is 0 Å². The number of allylic oxidation sites excluding steroid dienone is 2. The van der Waals surface area contributed by atoms with Crippen LogP contribution in [0.4, 0.5) is 0 Å². The van der Waals surface area contributed by atoms with Gasteiger partial charge in [0, 0.05) is 0 Å². The zero-order chi connectivity index (χ0) is 17.4. The molecule has 0 aliphatic heterocycles. The minimum absolute atomic E-state index is 0. The molecule has 140 valence electrons. The van der Waals surface area contributed by atoms with Crippen molar-refractivity contribution in [3.63, 3.8) is 0 Å². The van der Waals surface area contributed by atoms with E-state index in [1.54, 1.807) is 0 Å². The van der Waals surface area contributed by atoms with Gasteiger partial charge in [-0.3, -0.25) is 12.2 Å². The Morgan fingerprint density at radius 3 is 1.22 bits per heavy atom. The third-order valence-corrected chi connectivity index (χ3v) is 5.31. The molecule has 0 radical (unpaired) electrons. The second kappa shape index (κ2) is 10.4. The first-order valence-corrected chi connectivity index (χ1v) is 8.77. The molecule has 0 N–H and O–H groups in total. The van der Waals surface area contributed by atoms with Crippen molar-refractivity contribution in [3.8, 4) is 0 Å². The molecule has 1 heteroatoms. The van der Waals surface area contributed by atoms with Crippen molar-refractivity contribution >= 4 is 12.2 Å². The van der Waals surface area contributed by atoms with E-state index >= 15 is 0 Å². The summed E-state index contributed by atoms with van der Waals surface area (Å²) in [6.45, 7) is 13.0. The summed E-state index contributed by atoms with van der Waals surface area (Å²) in [5.74, 6) is 0.971. The second-order valence-corrected chi connectivity index (χ2v) is 7.20. The first-order valence-electron chi connectivity index (χ1n) is 8.77. The molecular formula is C26H32Hf. The molecule has 0 saturated heterocycles. The molecule has 2 aliphatic rings. The molecule has 0 amide bonds. The predicted molar refractivity (Wildman–Crippen MR) is 117 cm³/mol. The molecule has 0 saturated carbocycles. The maximum absolute atomic E-state index is 3.31. The summed E-state index contributed by atoms with van der Waals surface area (Å²) >= 11 is 0. The van der Waals surface area contributed by atoms with E-state index in [9.17, 15) is 0 Å². The molecule has 0 heterocycles. The Morgan fingerprint density at radius 1 is 0.593 bits per heavy atom. The van der Waals surface area contributed by atoms with Gasteiger partial charge in [0.25, 0.3) is 0 Å². The fourth-order valence-corrected chi connectivity index (χ4v) is 3.33. The molecule has 0 nitrogen and oxygen atoms in total. The van der Waals surface area contributed by atoms with Gasteiger partial charge in [-0.25, -0.2) is 12.2 Å². The van der Waals surface area contributed by atoms with Crippen LogP contribution in [0, 0.1) is 54.7 Å². The van der Waals surface area contributed by atoms with Crippen molar-refractivity contribution < 1.29 is 25.8 Å². The van der Waals surface area contributed by atoms with Gasteiger partial charge in [0.1, 0.15) is 0 Å². The maximum Gasteiger partial charge on any atom is 4.00 e. The van der Waals surface area contributed by atoms with Gasteiger partial charge in [-0.2, -0.15) is 11.1 Å². The minimum atomic E-state index is 0. The molecular weight excluding hydrogens is 491 g/mol. The van der Waals surface area contributed by atoms with E-state index in [1.807, 2.05) is 0 Å². The van der Waals surface area contributed by atoms with Gasteiger partial charge >= 0.3 is 25.8 Å². The molecule has 27 heavy (non-hydrogen) atoms. The normalized spacial score (nSPS) is 17.6. The zero-order valence-electron chi connectivity index (χ0n) is 18.1. The van der Waals surface area contributed by atoms with Gasteiger partial charge in [0.15, 0.2) is 0 Å². The van der Waals surface area contributed by atoms with Crippen molar-refractivity contribution in [3.05, 3.63) is 95.8 Å². The molecule has 0 spiro atoms. The monoisotopic (exact) mass is 524 g/mol. The number of rotatable bonds is 0. The van der Waals surface area contributed by atoms with Crippen LogP contribution >= 0.6 is 0 Å². The molecule has 0 bridgehead atoms. The molecule has 4 rings (SSSR count). The third-order valence-electron chi connectivity index (χ3n) is 5.31. The van der Waals surface area contributed by atoms with Crippen LogP contribution in [0.15, 0.2) is 24.3 Å². The van der Waals surface area contributed by atoms with Crippen LogP contribution in [-0.4, -0.2) is 0 Å². The van der Waals surface area contributed by atoms with Crippen molar-refractivity contribution in [1.82, 2.24) is 0 Å². The summed E-state index contributed by atoms with van der Waals surface area (Å²) in [6.07, 6.45) is 10.8. The summed E-state index contributed by atoms with van der Waals surface area (Å²) in [6, 6.07) is 9.07. The van der Waals surface area contributed by atoms with Gasteiger partial charge in [-0.05, 0) is 27.7 Å². The molecule has 2 aliphatic carbocycles. The molecule has 2 aromatic rings. The molecule has 0 fully saturated rings. The Hall–Kier alpha value is -1.21. The number of aryl methyl sites for hydroxylation is 4. The van der Waals surface area contributed by atoms with Gasteiger partial charge in [-0.1, -0.05) is 60.1 Å². The van der Waals surface area contributed by atoms with Crippen molar-refractivity contribution in [2.24, 2.45) is 0 Å². The van der Waals surface area contributed by atoms with Crippen LogP contribution < -0.4 is 0 Å². The number of hydrogen-bond donors (Lipinski definition) is 0. The number of benzene rings is 2. The van der Waals surface area contributed by atoms with Crippen LogP contribution in [0.25, 0.3) is 12.2 Å². The average molecular weight is 523 g/mol. The Morgan fingerprint density at radius 2 is 0.889 bits per heavy atom. The van der Waals surface area contributed by atoms with Crippen LogP contribution in [0.2, 0.25) is 0 Å².